The van der Waals surface area contributed by atoms with Crippen LogP contribution in [0.15, 0.2) is 72.3 Å². The quantitative estimate of drug-likeness (QED) is 0.444. The topological polar surface area (TPSA) is 42.3 Å². The molecular weight excluding hydrogens is 368 g/mol. The van der Waals surface area contributed by atoms with Gasteiger partial charge in [0.15, 0.2) is 0 Å². The first-order valence-electron chi connectivity index (χ1n) is 9.06. The fraction of sp³-hybridized carbons (Fsp3) is 0.130. The maximum absolute atomic E-state index is 12.5. The molecule has 1 aromatic heterocycles. The summed E-state index contributed by atoms with van der Waals surface area (Å²) < 4.78 is 2.18. The summed E-state index contributed by atoms with van der Waals surface area (Å²) in [5, 5.41) is 0.810. The lowest BCUT2D eigenvalue weighted by Crippen LogP contribution is -2.27. The van der Waals surface area contributed by atoms with Gasteiger partial charge in [0.05, 0.1) is 4.91 Å². The van der Waals surface area contributed by atoms with Crippen LogP contribution >= 0.6 is 11.8 Å². The van der Waals surface area contributed by atoms with Crippen molar-refractivity contribution in [1.82, 2.24) is 9.47 Å². The standard InChI is InChI=1S/C23H20N2O2S/c1-3-11-25-22(26)21(28-23(25)27)13-18-15-24(20-10-5-4-9-19(18)20)14-17-8-6-7-16(2)12-17/h3-10,12-13,15H,1,11,14H2,2H3/b21-13+. The Morgan fingerprint density at radius 3 is 2.71 bits per heavy atom. The summed E-state index contributed by atoms with van der Waals surface area (Å²) in [6.07, 6.45) is 5.44. The molecule has 4 rings (SSSR count). The number of thioether (sulfide) groups is 1. The van der Waals surface area contributed by atoms with Gasteiger partial charge in [-0.1, -0.05) is 54.1 Å². The van der Waals surface area contributed by atoms with Crippen molar-refractivity contribution in [3.8, 4) is 0 Å². The predicted octanol–water partition coefficient (Wildman–Crippen LogP) is 5.22. The van der Waals surface area contributed by atoms with E-state index in [0.29, 0.717) is 4.91 Å². The van der Waals surface area contributed by atoms with Crippen LogP contribution in [0, 0.1) is 6.92 Å². The summed E-state index contributed by atoms with van der Waals surface area (Å²) in [4.78, 5) is 26.3. The number of para-hydroxylation sites is 1. The number of rotatable bonds is 5. The van der Waals surface area contributed by atoms with Crippen molar-refractivity contribution < 1.29 is 9.59 Å². The number of carbonyl (C=O) groups excluding carboxylic acids is 2. The zero-order chi connectivity index (χ0) is 19.7. The summed E-state index contributed by atoms with van der Waals surface area (Å²) in [6.45, 7) is 6.68. The van der Waals surface area contributed by atoms with Crippen LogP contribution in [0.5, 0.6) is 0 Å². The summed E-state index contributed by atoms with van der Waals surface area (Å²) >= 11 is 0.982. The Morgan fingerprint density at radius 2 is 1.93 bits per heavy atom. The van der Waals surface area contributed by atoms with Gasteiger partial charge in [-0.15, -0.1) is 6.58 Å². The number of aromatic nitrogens is 1. The fourth-order valence-electron chi connectivity index (χ4n) is 3.46. The van der Waals surface area contributed by atoms with Crippen molar-refractivity contribution >= 4 is 39.9 Å². The van der Waals surface area contributed by atoms with E-state index in [1.165, 1.54) is 16.0 Å². The number of fused-ring (bicyclic) bond motifs is 1. The number of imide groups is 1. The van der Waals surface area contributed by atoms with Crippen LogP contribution in [0.25, 0.3) is 17.0 Å². The molecule has 0 radical (unpaired) electrons. The third kappa shape index (κ3) is 3.41. The first-order chi connectivity index (χ1) is 13.6. The highest BCUT2D eigenvalue weighted by Gasteiger charge is 2.34. The number of hydrogen-bond acceptors (Lipinski definition) is 3. The Balaban J connectivity index is 1.74. The monoisotopic (exact) mass is 388 g/mol. The van der Waals surface area contributed by atoms with Gasteiger partial charge in [0.2, 0.25) is 0 Å². The zero-order valence-electron chi connectivity index (χ0n) is 15.6. The van der Waals surface area contributed by atoms with Gasteiger partial charge in [0.1, 0.15) is 0 Å². The van der Waals surface area contributed by atoms with Crippen LogP contribution < -0.4 is 0 Å². The van der Waals surface area contributed by atoms with Crippen molar-refractivity contribution in [3.63, 3.8) is 0 Å². The Bertz CT molecular complexity index is 1130. The van der Waals surface area contributed by atoms with E-state index in [-0.39, 0.29) is 17.7 Å². The van der Waals surface area contributed by atoms with Crippen LogP contribution in [0.1, 0.15) is 16.7 Å². The Labute approximate surface area is 168 Å². The lowest BCUT2D eigenvalue weighted by molar-refractivity contribution is -0.122. The summed E-state index contributed by atoms with van der Waals surface area (Å²) in [5.41, 5.74) is 4.48. The maximum Gasteiger partial charge on any atom is 0.293 e. The lowest BCUT2D eigenvalue weighted by Gasteiger charge is -2.07. The molecule has 0 N–H and O–H groups in total. The number of amides is 2. The molecule has 5 heteroatoms. The van der Waals surface area contributed by atoms with Crippen LogP contribution in [-0.2, 0) is 11.3 Å². The van der Waals surface area contributed by atoms with Gasteiger partial charge in [-0.3, -0.25) is 14.5 Å². The van der Waals surface area contributed by atoms with Gasteiger partial charge in [-0.05, 0) is 36.4 Å². The van der Waals surface area contributed by atoms with Gasteiger partial charge < -0.3 is 4.57 Å². The molecule has 0 unspecified atom stereocenters. The van der Waals surface area contributed by atoms with Crippen molar-refractivity contribution in [1.29, 1.82) is 0 Å². The normalized spacial score (nSPS) is 15.8. The minimum atomic E-state index is -0.259. The number of nitrogens with zero attached hydrogens (tertiary/aromatic N) is 2. The van der Waals surface area contributed by atoms with E-state index < -0.39 is 0 Å². The predicted molar refractivity (Wildman–Crippen MR) is 115 cm³/mol. The first-order valence-corrected chi connectivity index (χ1v) is 9.88. The minimum Gasteiger partial charge on any atom is -0.342 e. The smallest absolute Gasteiger partial charge is 0.293 e. The molecule has 4 nitrogen and oxygen atoms in total. The average Bonchev–Trinajstić information content (AvgIpc) is 3.15. The molecule has 2 aromatic carbocycles. The summed E-state index contributed by atoms with van der Waals surface area (Å²) in [6, 6.07) is 16.6. The van der Waals surface area contributed by atoms with Crippen molar-refractivity contribution in [2.45, 2.75) is 13.5 Å². The molecule has 0 atom stereocenters. The molecule has 0 bridgehead atoms. The molecule has 0 saturated carbocycles. The average molecular weight is 388 g/mol. The third-order valence-electron chi connectivity index (χ3n) is 4.73. The Morgan fingerprint density at radius 1 is 1.11 bits per heavy atom. The van der Waals surface area contributed by atoms with Crippen LogP contribution in [0.3, 0.4) is 0 Å². The van der Waals surface area contributed by atoms with Crippen molar-refractivity contribution in [2.24, 2.45) is 0 Å². The Hall–Kier alpha value is -3.05. The first kappa shape index (κ1) is 18.3. The van der Waals surface area contributed by atoms with E-state index in [1.54, 1.807) is 6.08 Å². The summed E-state index contributed by atoms with van der Waals surface area (Å²) in [5.74, 6) is -0.259. The van der Waals surface area contributed by atoms with Crippen LogP contribution in [0.4, 0.5) is 4.79 Å². The number of hydrogen-bond donors (Lipinski definition) is 0. The third-order valence-corrected chi connectivity index (χ3v) is 5.63. The largest absolute Gasteiger partial charge is 0.342 e. The molecule has 3 aromatic rings. The van der Waals surface area contributed by atoms with Crippen LogP contribution in [0.2, 0.25) is 0 Å². The second-order valence-electron chi connectivity index (χ2n) is 6.80. The molecule has 2 heterocycles. The van der Waals surface area contributed by atoms with E-state index in [9.17, 15) is 9.59 Å². The van der Waals surface area contributed by atoms with Gasteiger partial charge >= 0.3 is 0 Å². The van der Waals surface area contributed by atoms with E-state index in [1.807, 2.05) is 24.3 Å². The minimum absolute atomic E-state index is 0.233. The fourth-order valence-corrected chi connectivity index (χ4v) is 4.30. The molecular formula is C23H20N2O2S. The number of carbonyl (C=O) groups is 2. The highest BCUT2D eigenvalue weighted by molar-refractivity contribution is 8.18. The molecule has 28 heavy (non-hydrogen) atoms. The second kappa shape index (κ2) is 7.52. The van der Waals surface area contributed by atoms with Gasteiger partial charge in [-0.25, -0.2) is 0 Å². The van der Waals surface area contributed by atoms with E-state index in [2.05, 4.69) is 54.6 Å². The van der Waals surface area contributed by atoms with Gasteiger partial charge in [0, 0.05) is 35.8 Å². The lowest BCUT2D eigenvalue weighted by atomic mass is 10.1. The molecule has 1 aliphatic heterocycles. The van der Waals surface area contributed by atoms with E-state index >= 15 is 0 Å². The highest BCUT2D eigenvalue weighted by Crippen LogP contribution is 2.34. The van der Waals surface area contributed by atoms with Gasteiger partial charge in [0.25, 0.3) is 11.1 Å². The molecule has 1 aliphatic rings. The Kier molecular flexibility index (Phi) is 4.92. The zero-order valence-corrected chi connectivity index (χ0v) is 16.4. The second-order valence-corrected chi connectivity index (χ2v) is 7.79. The molecule has 0 spiro atoms. The number of benzene rings is 2. The van der Waals surface area contributed by atoms with Crippen molar-refractivity contribution in [2.75, 3.05) is 6.54 Å². The molecule has 1 saturated heterocycles. The molecule has 0 aliphatic carbocycles. The summed E-state index contributed by atoms with van der Waals surface area (Å²) in [7, 11) is 0. The molecule has 2 amide bonds. The SMILES string of the molecule is C=CCN1C(=O)S/C(=C/c2cn(Cc3cccc(C)c3)c3ccccc23)C1=O. The molecule has 1 fully saturated rings. The van der Waals surface area contributed by atoms with Crippen molar-refractivity contribution in [3.05, 3.63) is 89.0 Å². The van der Waals surface area contributed by atoms with E-state index in [4.69, 9.17) is 0 Å². The van der Waals surface area contributed by atoms with Gasteiger partial charge in [-0.2, -0.15) is 0 Å². The number of aryl methyl sites for hydroxylation is 1. The highest BCUT2D eigenvalue weighted by atomic mass is 32.2. The van der Waals surface area contributed by atoms with E-state index in [0.717, 1.165) is 34.8 Å². The molecule has 140 valence electrons. The van der Waals surface area contributed by atoms with Crippen LogP contribution in [-0.4, -0.2) is 27.2 Å². The maximum atomic E-state index is 12.5.